The van der Waals surface area contributed by atoms with E-state index in [0.717, 1.165) is 32.7 Å². The predicted molar refractivity (Wildman–Crippen MR) is 104 cm³/mol. The molecule has 0 bridgehead atoms. The van der Waals surface area contributed by atoms with Crippen molar-refractivity contribution in [3.8, 4) is 0 Å². The van der Waals surface area contributed by atoms with Gasteiger partial charge in [0.15, 0.2) is 0 Å². The summed E-state index contributed by atoms with van der Waals surface area (Å²) < 4.78 is 0. The summed E-state index contributed by atoms with van der Waals surface area (Å²) in [5, 5.41) is 3.63. The van der Waals surface area contributed by atoms with Gasteiger partial charge >= 0.3 is 0 Å². The average molecular weight is 349 g/mol. The topological polar surface area (TPSA) is 35.6 Å². The van der Waals surface area contributed by atoms with Crippen LogP contribution in [-0.2, 0) is 4.79 Å². The van der Waals surface area contributed by atoms with Crippen LogP contribution in [0.3, 0.4) is 0 Å². The summed E-state index contributed by atoms with van der Waals surface area (Å²) >= 11 is 0. The molecular weight excluding hydrogens is 322 g/mol. The van der Waals surface area contributed by atoms with E-state index in [2.05, 4.69) is 70.9 Å². The minimum atomic E-state index is 0.189. The van der Waals surface area contributed by atoms with Crippen molar-refractivity contribution in [2.24, 2.45) is 0 Å². The van der Waals surface area contributed by atoms with Crippen molar-refractivity contribution in [3.05, 3.63) is 71.8 Å². The summed E-state index contributed by atoms with van der Waals surface area (Å²) in [6, 6.07) is 22.5. The van der Waals surface area contributed by atoms with Gasteiger partial charge in [-0.2, -0.15) is 0 Å². The van der Waals surface area contributed by atoms with Crippen LogP contribution in [0.25, 0.3) is 0 Å². The molecule has 2 heterocycles. The van der Waals surface area contributed by atoms with Gasteiger partial charge in [-0.1, -0.05) is 60.7 Å². The molecule has 2 fully saturated rings. The van der Waals surface area contributed by atoms with E-state index in [-0.39, 0.29) is 5.91 Å². The maximum Gasteiger partial charge on any atom is 0.219 e. The first-order valence-electron chi connectivity index (χ1n) is 9.56. The fraction of sp³-hybridized carbons (Fsp3) is 0.409. The van der Waals surface area contributed by atoms with Crippen LogP contribution in [-0.4, -0.2) is 60.5 Å². The zero-order valence-corrected chi connectivity index (χ0v) is 15.3. The molecule has 2 atom stereocenters. The first-order valence-corrected chi connectivity index (χ1v) is 9.56. The second-order valence-electron chi connectivity index (χ2n) is 7.38. The van der Waals surface area contributed by atoms with E-state index < -0.39 is 0 Å². The van der Waals surface area contributed by atoms with Gasteiger partial charge < -0.3 is 10.2 Å². The number of benzene rings is 2. The molecule has 4 heteroatoms. The Morgan fingerprint density at radius 1 is 0.962 bits per heavy atom. The highest BCUT2D eigenvalue weighted by Gasteiger charge is 2.39. The van der Waals surface area contributed by atoms with Gasteiger partial charge in [-0.25, -0.2) is 0 Å². The minimum Gasteiger partial charge on any atom is -0.340 e. The Bertz CT molecular complexity index is 694. The number of hydrogen-bond acceptors (Lipinski definition) is 3. The Morgan fingerprint density at radius 3 is 2.15 bits per heavy atom. The maximum atomic E-state index is 11.8. The van der Waals surface area contributed by atoms with Crippen LogP contribution in [0.5, 0.6) is 0 Å². The van der Waals surface area contributed by atoms with Crippen molar-refractivity contribution in [1.29, 1.82) is 0 Å². The Balaban J connectivity index is 1.66. The van der Waals surface area contributed by atoms with Crippen molar-refractivity contribution in [1.82, 2.24) is 15.1 Å². The third kappa shape index (κ3) is 3.39. The summed E-state index contributed by atoms with van der Waals surface area (Å²) in [5.74, 6) is 0.519. The quantitative estimate of drug-likeness (QED) is 0.924. The third-order valence-corrected chi connectivity index (χ3v) is 5.84. The molecule has 2 saturated heterocycles. The van der Waals surface area contributed by atoms with Gasteiger partial charge in [-0.05, 0) is 11.1 Å². The highest BCUT2D eigenvalue weighted by atomic mass is 16.2. The Morgan fingerprint density at radius 2 is 1.58 bits per heavy atom. The first-order chi connectivity index (χ1) is 12.7. The number of piperazine rings is 2. The molecule has 4 rings (SSSR count). The summed E-state index contributed by atoms with van der Waals surface area (Å²) in [6.07, 6.45) is 0. The number of carbonyl (C=O) groups is 1. The van der Waals surface area contributed by atoms with Crippen molar-refractivity contribution in [3.63, 3.8) is 0 Å². The van der Waals surface area contributed by atoms with Crippen LogP contribution >= 0.6 is 0 Å². The molecule has 0 spiro atoms. The predicted octanol–water partition coefficient (Wildman–Crippen LogP) is 2.32. The zero-order chi connectivity index (χ0) is 17.9. The second-order valence-corrected chi connectivity index (χ2v) is 7.38. The SMILES string of the molecule is CC(=O)N1CCN2C(CNCC2C(c2ccccc2)c2ccccc2)C1. The molecule has 2 aliphatic heterocycles. The van der Waals surface area contributed by atoms with Crippen LogP contribution in [0.2, 0.25) is 0 Å². The van der Waals surface area contributed by atoms with Gasteiger partial charge in [0.1, 0.15) is 0 Å². The lowest BCUT2D eigenvalue weighted by atomic mass is 9.82. The van der Waals surface area contributed by atoms with E-state index in [1.54, 1.807) is 6.92 Å². The third-order valence-electron chi connectivity index (χ3n) is 5.84. The second kappa shape index (κ2) is 7.60. The van der Waals surface area contributed by atoms with E-state index >= 15 is 0 Å². The molecule has 0 radical (unpaired) electrons. The number of nitrogens with zero attached hydrogens (tertiary/aromatic N) is 2. The number of rotatable bonds is 3. The van der Waals surface area contributed by atoms with Crippen LogP contribution < -0.4 is 5.32 Å². The van der Waals surface area contributed by atoms with E-state index in [1.807, 2.05) is 4.90 Å². The number of nitrogens with one attached hydrogen (secondary N) is 1. The van der Waals surface area contributed by atoms with Crippen molar-refractivity contribution < 1.29 is 4.79 Å². The molecule has 2 aliphatic rings. The highest BCUT2D eigenvalue weighted by molar-refractivity contribution is 5.73. The Labute approximate surface area is 155 Å². The monoisotopic (exact) mass is 349 g/mol. The normalized spacial score (nSPS) is 23.7. The molecule has 0 aromatic heterocycles. The molecule has 2 unspecified atom stereocenters. The summed E-state index contributed by atoms with van der Waals surface area (Å²) in [7, 11) is 0. The zero-order valence-electron chi connectivity index (χ0n) is 15.3. The van der Waals surface area contributed by atoms with Crippen LogP contribution in [0, 0.1) is 0 Å². The summed E-state index contributed by atoms with van der Waals surface area (Å²) in [5.41, 5.74) is 2.72. The standard InChI is InChI=1S/C22H27N3O/c1-17(26)24-12-13-25-20(16-24)14-23-15-21(25)22(18-8-4-2-5-9-18)19-10-6-3-7-11-19/h2-11,20-23H,12-16H2,1H3. The van der Waals surface area contributed by atoms with Crippen LogP contribution in [0.1, 0.15) is 24.0 Å². The van der Waals surface area contributed by atoms with E-state index in [9.17, 15) is 4.79 Å². The molecule has 2 aromatic rings. The van der Waals surface area contributed by atoms with Gasteiger partial charge in [0.25, 0.3) is 0 Å². The van der Waals surface area contributed by atoms with Crippen LogP contribution in [0.15, 0.2) is 60.7 Å². The molecule has 0 aliphatic carbocycles. The number of fused-ring (bicyclic) bond motifs is 1. The van der Waals surface area contributed by atoms with Crippen molar-refractivity contribution >= 4 is 5.91 Å². The fourth-order valence-electron chi connectivity index (χ4n) is 4.56. The lowest BCUT2D eigenvalue weighted by molar-refractivity contribution is -0.133. The van der Waals surface area contributed by atoms with Gasteiger partial charge in [0, 0.05) is 57.6 Å². The average Bonchev–Trinajstić information content (AvgIpc) is 2.69. The van der Waals surface area contributed by atoms with Crippen molar-refractivity contribution in [2.75, 3.05) is 32.7 Å². The maximum absolute atomic E-state index is 11.8. The van der Waals surface area contributed by atoms with Crippen molar-refractivity contribution in [2.45, 2.75) is 24.9 Å². The van der Waals surface area contributed by atoms with E-state index in [0.29, 0.717) is 18.0 Å². The molecule has 2 aromatic carbocycles. The molecular formula is C22H27N3O. The van der Waals surface area contributed by atoms with Gasteiger partial charge in [-0.3, -0.25) is 9.69 Å². The van der Waals surface area contributed by atoms with E-state index in [1.165, 1.54) is 11.1 Å². The van der Waals surface area contributed by atoms with Gasteiger partial charge in [-0.15, -0.1) is 0 Å². The lowest BCUT2D eigenvalue weighted by Gasteiger charge is -2.50. The van der Waals surface area contributed by atoms with Gasteiger partial charge in [0.2, 0.25) is 5.91 Å². The molecule has 1 N–H and O–H groups in total. The first kappa shape index (κ1) is 17.3. The highest BCUT2D eigenvalue weighted by Crippen LogP contribution is 2.33. The Hall–Kier alpha value is -2.17. The number of amides is 1. The molecule has 1 amide bonds. The largest absolute Gasteiger partial charge is 0.340 e. The van der Waals surface area contributed by atoms with Crippen LogP contribution in [0.4, 0.5) is 0 Å². The molecule has 26 heavy (non-hydrogen) atoms. The molecule has 4 nitrogen and oxygen atoms in total. The van der Waals surface area contributed by atoms with E-state index in [4.69, 9.17) is 0 Å². The van der Waals surface area contributed by atoms with Gasteiger partial charge in [0.05, 0.1) is 0 Å². The number of hydrogen-bond donors (Lipinski definition) is 1. The smallest absolute Gasteiger partial charge is 0.219 e. The summed E-state index contributed by atoms with van der Waals surface area (Å²) in [4.78, 5) is 16.4. The number of carbonyl (C=O) groups excluding carboxylic acids is 1. The molecule has 136 valence electrons. The fourth-order valence-corrected chi connectivity index (χ4v) is 4.56. The Kier molecular flexibility index (Phi) is 5.05. The lowest BCUT2D eigenvalue weighted by Crippen LogP contribution is -2.66. The summed E-state index contributed by atoms with van der Waals surface area (Å²) in [6.45, 7) is 6.22. The minimum absolute atomic E-state index is 0.189. The molecule has 0 saturated carbocycles.